The van der Waals surface area contributed by atoms with E-state index in [0.29, 0.717) is 27.5 Å². The Hall–Kier alpha value is -5.79. The zero-order valence-electron chi connectivity index (χ0n) is 22.3. The Morgan fingerprint density at radius 3 is 2.21 bits per heavy atom. The van der Waals surface area contributed by atoms with Crippen LogP contribution in [0, 0.1) is 11.5 Å². The van der Waals surface area contributed by atoms with E-state index in [2.05, 4.69) is 41.3 Å². The standard InChI is InChI=1S/C27H21N9O6S/c1-28-34-25-16-23(37)26(27(38)30-25)35-32-20-11-9-19(10-12-20)31-33-21-8-7-18(24(15-21)43(40,41)42)6-3-17-4-13-22(14-5-17)36(39)29-2/h3-15,26H,16H2,2H3,(H2-,29,30,34,38,39,40,41,42)/p+1/b6-3+,33-31?,35-32?. The summed E-state index contributed by atoms with van der Waals surface area (Å²) in [5, 5.41) is 21.5. The first-order valence-corrected chi connectivity index (χ1v) is 13.8. The summed E-state index contributed by atoms with van der Waals surface area (Å²) in [5.41, 5.74) is 4.59. The van der Waals surface area contributed by atoms with E-state index in [1.165, 1.54) is 55.6 Å². The van der Waals surface area contributed by atoms with E-state index in [0.717, 1.165) is 0 Å². The molecule has 4 rings (SSSR count). The van der Waals surface area contributed by atoms with Crippen LogP contribution in [0.3, 0.4) is 0 Å². The highest BCUT2D eigenvalue weighted by molar-refractivity contribution is 7.86. The first-order valence-electron chi connectivity index (χ1n) is 12.3. The molecule has 1 aliphatic heterocycles. The number of nitrogens with zero attached hydrogens (tertiary/aromatic N) is 7. The lowest BCUT2D eigenvalue weighted by Gasteiger charge is -2.15. The highest BCUT2D eigenvalue weighted by atomic mass is 32.2. The van der Waals surface area contributed by atoms with Crippen LogP contribution in [0.25, 0.3) is 17.1 Å². The topological polar surface area (TPSA) is 199 Å². The molecule has 0 aliphatic carbocycles. The fraction of sp³-hybridized carbons (Fsp3) is 0.111. The van der Waals surface area contributed by atoms with Crippen LogP contribution in [0.2, 0.25) is 0 Å². The normalized spacial score (nSPS) is 16.6. The van der Waals surface area contributed by atoms with E-state index in [1.807, 2.05) is 0 Å². The van der Waals surface area contributed by atoms with E-state index in [-0.39, 0.29) is 28.4 Å². The molecule has 0 aromatic heterocycles. The number of nitroso groups, excluding NO2 is 1. The van der Waals surface area contributed by atoms with Crippen LogP contribution in [0.15, 0.2) is 97.2 Å². The summed E-state index contributed by atoms with van der Waals surface area (Å²) in [6, 6.07) is 15.4. The second-order valence-electron chi connectivity index (χ2n) is 8.75. The van der Waals surface area contributed by atoms with Crippen molar-refractivity contribution < 1.29 is 27.4 Å². The number of nitrogens with one attached hydrogen (secondary N) is 2. The van der Waals surface area contributed by atoms with Gasteiger partial charge in [0.15, 0.2) is 16.5 Å². The van der Waals surface area contributed by atoms with Gasteiger partial charge in [-0.15, -0.1) is 10.4 Å². The Morgan fingerprint density at radius 1 is 0.977 bits per heavy atom. The van der Waals surface area contributed by atoms with Gasteiger partial charge in [-0.05, 0) is 59.7 Å². The average Bonchev–Trinajstić information content (AvgIpc) is 2.99. The predicted molar refractivity (Wildman–Crippen MR) is 155 cm³/mol. The number of hydrogen-bond acceptors (Lipinski definition) is 10. The number of azo groups is 2. The third-order valence-corrected chi connectivity index (χ3v) is 6.72. The minimum atomic E-state index is -4.60. The van der Waals surface area contributed by atoms with E-state index >= 15 is 0 Å². The molecule has 15 nitrogen and oxygen atoms in total. The molecule has 0 saturated carbocycles. The molecule has 1 saturated heterocycles. The summed E-state index contributed by atoms with van der Waals surface area (Å²) in [6.07, 6.45) is 2.89. The molecule has 0 bridgehead atoms. The van der Waals surface area contributed by atoms with E-state index < -0.39 is 27.9 Å². The maximum absolute atomic E-state index is 12.1. The van der Waals surface area contributed by atoms with E-state index in [1.54, 1.807) is 30.3 Å². The maximum Gasteiger partial charge on any atom is 0.295 e. The highest BCUT2D eigenvalue weighted by Gasteiger charge is 2.34. The summed E-state index contributed by atoms with van der Waals surface area (Å²) in [5.74, 6) is -1.30. The number of amidine groups is 1. The number of benzene rings is 3. The SMILES string of the molecule is [C-]#[N+]N=C1CC(=O)C(N=Nc2ccc(N=Nc3ccc(/C=C/c4ccc([N+](=O)NC)cc4)c(S(=O)(=O)O)c3)cc2)C(=O)N1. The van der Waals surface area contributed by atoms with Gasteiger partial charge in [-0.25, -0.2) is 0 Å². The molecule has 3 aromatic rings. The van der Waals surface area contributed by atoms with Crippen LogP contribution in [0.5, 0.6) is 0 Å². The Labute approximate surface area is 244 Å². The summed E-state index contributed by atoms with van der Waals surface area (Å²) in [6.45, 7) is 6.69. The average molecular weight is 601 g/mol. The lowest BCUT2D eigenvalue weighted by atomic mass is 10.1. The minimum absolute atomic E-state index is 0.0360. The fourth-order valence-corrected chi connectivity index (χ4v) is 4.41. The molecule has 1 atom stereocenters. The summed E-state index contributed by atoms with van der Waals surface area (Å²) in [7, 11) is -3.11. The largest absolute Gasteiger partial charge is 0.306 e. The number of rotatable bonds is 9. The zero-order chi connectivity index (χ0) is 31.0. The summed E-state index contributed by atoms with van der Waals surface area (Å²) < 4.78 is 33.9. The zero-order valence-corrected chi connectivity index (χ0v) is 23.1. The predicted octanol–water partition coefficient (Wildman–Crippen LogP) is 4.84. The van der Waals surface area contributed by atoms with Crippen LogP contribution < -0.4 is 10.7 Å². The lowest BCUT2D eigenvalue weighted by Crippen LogP contribution is -2.48. The summed E-state index contributed by atoms with van der Waals surface area (Å²) >= 11 is 0. The van der Waals surface area contributed by atoms with Gasteiger partial charge >= 0.3 is 0 Å². The number of Topliss-reactive ketones (excluding diaryl/α,β-unsaturated/α-hetero) is 1. The highest BCUT2D eigenvalue weighted by Crippen LogP contribution is 2.27. The number of amides is 1. The molecule has 1 unspecified atom stereocenters. The molecule has 0 radical (unpaired) electrons. The molecule has 16 heteroatoms. The van der Waals surface area contributed by atoms with Crippen molar-refractivity contribution in [2.24, 2.45) is 25.6 Å². The molecule has 1 heterocycles. The Bertz CT molecular complexity index is 1820. The molecule has 0 spiro atoms. The quantitative estimate of drug-likeness (QED) is 0.0593. The van der Waals surface area contributed by atoms with E-state index in [4.69, 9.17) is 6.57 Å². The van der Waals surface area contributed by atoms with Gasteiger partial charge in [0.2, 0.25) is 6.04 Å². The van der Waals surface area contributed by atoms with Crippen molar-refractivity contribution in [3.63, 3.8) is 0 Å². The smallest absolute Gasteiger partial charge is 0.295 e. The molecule has 43 heavy (non-hydrogen) atoms. The molecule has 1 aliphatic rings. The van der Waals surface area contributed by atoms with Crippen LogP contribution >= 0.6 is 0 Å². The van der Waals surface area contributed by atoms with Crippen LogP contribution in [-0.2, 0) is 19.7 Å². The van der Waals surface area contributed by atoms with Gasteiger partial charge in [-0.3, -0.25) is 14.1 Å². The maximum atomic E-state index is 12.1. The number of piperidine rings is 1. The molecule has 3 aromatic carbocycles. The van der Waals surface area contributed by atoms with Gasteiger partial charge in [0, 0.05) is 12.1 Å². The number of hydrazine groups is 1. The Morgan fingerprint density at radius 2 is 1.60 bits per heavy atom. The van der Waals surface area contributed by atoms with Crippen molar-refractivity contribution in [2.75, 3.05) is 7.05 Å². The third-order valence-electron chi connectivity index (χ3n) is 5.81. The van der Waals surface area contributed by atoms with Gasteiger partial charge in [0.25, 0.3) is 21.7 Å². The van der Waals surface area contributed by atoms with Crippen LogP contribution in [-0.4, -0.2) is 48.5 Å². The first kappa shape index (κ1) is 30.2. The molecule has 3 N–H and O–H groups in total. The van der Waals surface area contributed by atoms with Crippen molar-refractivity contribution in [3.05, 3.63) is 94.3 Å². The fourth-order valence-electron chi connectivity index (χ4n) is 3.71. The van der Waals surface area contributed by atoms with Gasteiger partial charge in [-0.1, -0.05) is 18.2 Å². The van der Waals surface area contributed by atoms with Crippen LogP contribution in [0.4, 0.5) is 22.7 Å². The molecule has 1 fully saturated rings. The third kappa shape index (κ3) is 7.91. The number of hydrogen-bond donors (Lipinski definition) is 3. The Balaban J connectivity index is 1.46. The van der Waals surface area contributed by atoms with Gasteiger partial charge in [0.1, 0.15) is 10.00 Å². The first-order chi connectivity index (χ1) is 20.6. The molecular formula is C27H22N9O6S+. The van der Waals surface area contributed by atoms with Gasteiger partial charge in [-0.2, -0.15) is 35.4 Å². The lowest BCUT2D eigenvalue weighted by molar-refractivity contribution is -0.522. The van der Waals surface area contributed by atoms with Crippen molar-refractivity contribution in [3.8, 4) is 0 Å². The Kier molecular flexibility index (Phi) is 9.30. The van der Waals surface area contributed by atoms with Crippen LogP contribution in [0.1, 0.15) is 17.5 Å². The van der Waals surface area contributed by atoms with Gasteiger partial charge < -0.3 is 5.32 Å². The van der Waals surface area contributed by atoms with Crippen molar-refractivity contribution in [2.45, 2.75) is 17.4 Å². The number of carbonyl (C=O) groups excluding carboxylic acids is 2. The van der Waals surface area contributed by atoms with Crippen molar-refractivity contribution in [1.29, 1.82) is 0 Å². The molecule has 216 valence electrons. The summed E-state index contributed by atoms with van der Waals surface area (Å²) in [4.78, 5) is 38.8. The number of ketones is 1. The monoisotopic (exact) mass is 600 g/mol. The second-order valence-corrected chi connectivity index (χ2v) is 10.1. The van der Waals surface area contributed by atoms with E-state index in [9.17, 15) is 27.5 Å². The van der Waals surface area contributed by atoms with Crippen molar-refractivity contribution >= 4 is 62.5 Å². The number of carbonyl (C=O) groups is 2. The second kappa shape index (κ2) is 13.2. The minimum Gasteiger partial charge on any atom is -0.306 e. The molecular weight excluding hydrogens is 578 g/mol. The van der Waals surface area contributed by atoms with Gasteiger partial charge in [0.05, 0.1) is 35.4 Å². The van der Waals surface area contributed by atoms with Crippen molar-refractivity contribution in [1.82, 2.24) is 10.7 Å². The molecule has 1 amide bonds.